The minimum atomic E-state index is -4.63. The smallest absolute Gasteiger partial charge is 0.431 e. The number of alkyl halides is 3. The van der Waals surface area contributed by atoms with Gasteiger partial charge in [-0.2, -0.15) is 18.3 Å². The van der Waals surface area contributed by atoms with Gasteiger partial charge in [0.15, 0.2) is 0 Å². The van der Waals surface area contributed by atoms with Gasteiger partial charge in [0.05, 0.1) is 41.7 Å². The molecule has 0 saturated carbocycles. The van der Waals surface area contributed by atoms with E-state index in [1.165, 1.54) is 6.92 Å². The number of aromatic nitrogens is 1. The van der Waals surface area contributed by atoms with Crippen molar-refractivity contribution >= 4 is 34.7 Å². The van der Waals surface area contributed by atoms with E-state index >= 15 is 0 Å². The van der Waals surface area contributed by atoms with Crippen molar-refractivity contribution in [3.05, 3.63) is 41.6 Å². The Bertz CT molecular complexity index is 1180. The Morgan fingerprint density at radius 1 is 1.24 bits per heavy atom. The molecule has 1 N–H and O–H groups in total. The van der Waals surface area contributed by atoms with Crippen molar-refractivity contribution in [1.82, 2.24) is 4.98 Å². The highest BCUT2D eigenvalue weighted by atomic mass is 35.5. The molecule has 1 saturated heterocycles. The van der Waals surface area contributed by atoms with Crippen molar-refractivity contribution in [3.63, 3.8) is 0 Å². The largest absolute Gasteiger partial charge is 0.490 e. The van der Waals surface area contributed by atoms with Crippen molar-refractivity contribution in [2.24, 2.45) is 16.9 Å². The third-order valence-corrected chi connectivity index (χ3v) is 7.16. The number of halogens is 4. The topological polar surface area (TPSA) is 87.5 Å². The number of rotatable bonds is 8. The van der Waals surface area contributed by atoms with Crippen LogP contribution < -0.4 is 19.4 Å². The number of carbonyl (C=O) groups is 1. The van der Waals surface area contributed by atoms with Crippen LogP contribution in [0.5, 0.6) is 11.6 Å². The van der Waals surface area contributed by atoms with E-state index in [9.17, 15) is 23.1 Å². The van der Waals surface area contributed by atoms with Crippen molar-refractivity contribution in [1.29, 1.82) is 0 Å². The van der Waals surface area contributed by atoms with Gasteiger partial charge in [0, 0.05) is 37.4 Å². The summed E-state index contributed by atoms with van der Waals surface area (Å²) in [5.41, 5.74) is 0.247. The lowest BCUT2D eigenvalue weighted by molar-refractivity contribution is -0.137. The van der Waals surface area contributed by atoms with Gasteiger partial charge >= 0.3 is 12.1 Å². The Labute approximate surface area is 224 Å². The molecule has 0 amide bonds. The number of pyridine rings is 1. The third-order valence-electron chi connectivity index (χ3n) is 6.87. The lowest BCUT2D eigenvalue weighted by atomic mass is 9.94. The number of hydrogen-bond acceptors (Lipinski definition) is 7. The van der Waals surface area contributed by atoms with Crippen LogP contribution in [0.2, 0.25) is 5.02 Å². The van der Waals surface area contributed by atoms with Gasteiger partial charge in [-0.1, -0.05) is 25.4 Å². The maximum absolute atomic E-state index is 13.4. The summed E-state index contributed by atoms with van der Waals surface area (Å²) >= 11 is 6.39. The number of nitrogens with zero attached hydrogens (tertiary/aromatic N) is 4. The molecule has 38 heavy (non-hydrogen) atoms. The molecule has 1 aromatic carbocycles. The summed E-state index contributed by atoms with van der Waals surface area (Å²) in [6.45, 7) is 7.24. The van der Waals surface area contributed by atoms with Crippen molar-refractivity contribution in [3.8, 4) is 11.6 Å². The van der Waals surface area contributed by atoms with Gasteiger partial charge in [-0.3, -0.25) is 9.80 Å². The summed E-state index contributed by atoms with van der Waals surface area (Å²) in [5, 5.41) is 14.7. The summed E-state index contributed by atoms with van der Waals surface area (Å²) in [4.78, 5) is 17.7. The molecule has 1 fully saturated rings. The van der Waals surface area contributed by atoms with E-state index in [-0.39, 0.29) is 12.0 Å². The number of anilines is 2. The predicted octanol–water partition coefficient (Wildman–Crippen LogP) is 5.65. The van der Waals surface area contributed by atoms with Crippen LogP contribution >= 0.6 is 11.6 Å². The van der Waals surface area contributed by atoms with E-state index < -0.39 is 36.2 Å². The zero-order valence-electron chi connectivity index (χ0n) is 21.3. The second-order valence-electron chi connectivity index (χ2n) is 9.55. The first kappa shape index (κ1) is 27.8. The van der Waals surface area contributed by atoms with Crippen LogP contribution in [0.1, 0.15) is 33.6 Å². The van der Waals surface area contributed by atoms with Crippen molar-refractivity contribution in [2.75, 3.05) is 29.6 Å². The number of carboxylic acid groups (broad SMARTS) is 1. The lowest BCUT2D eigenvalue weighted by Crippen LogP contribution is -2.44. The molecule has 3 heterocycles. The van der Waals surface area contributed by atoms with E-state index in [1.807, 2.05) is 13.0 Å². The number of ether oxygens (including phenoxy) is 2. The zero-order valence-corrected chi connectivity index (χ0v) is 22.0. The molecule has 12 heteroatoms. The Kier molecular flexibility index (Phi) is 8.25. The van der Waals surface area contributed by atoms with Gasteiger partial charge < -0.3 is 19.5 Å². The van der Waals surface area contributed by atoms with Gasteiger partial charge in [0.2, 0.25) is 5.88 Å². The molecular weight excluding hydrogens is 525 g/mol. The highest BCUT2D eigenvalue weighted by Crippen LogP contribution is 2.37. The minimum Gasteiger partial charge on any atom is -0.490 e. The first-order valence-corrected chi connectivity index (χ1v) is 12.8. The van der Waals surface area contributed by atoms with Crippen LogP contribution in [0.3, 0.4) is 0 Å². The maximum Gasteiger partial charge on any atom is 0.431 e. The maximum atomic E-state index is 13.4. The molecule has 8 nitrogen and oxygen atoms in total. The number of carboxylic acids is 1. The summed E-state index contributed by atoms with van der Waals surface area (Å²) in [6.07, 6.45) is -2.86. The average Bonchev–Trinajstić information content (AvgIpc) is 3.18. The van der Waals surface area contributed by atoms with Crippen LogP contribution in [0.15, 0.2) is 41.6 Å². The molecule has 0 aliphatic carbocycles. The molecule has 4 rings (SSSR count). The lowest BCUT2D eigenvalue weighted by Gasteiger charge is -2.38. The van der Waals surface area contributed by atoms with Crippen molar-refractivity contribution < 1.29 is 32.5 Å². The molecule has 4 unspecified atom stereocenters. The number of hydrogen-bond donors (Lipinski definition) is 1. The Morgan fingerprint density at radius 2 is 1.95 bits per heavy atom. The summed E-state index contributed by atoms with van der Waals surface area (Å²) < 4.78 is 52.0. The highest BCUT2D eigenvalue weighted by molar-refractivity contribution is 6.33. The summed E-state index contributed by atoms with van der Waals surface area (Å²) in [7, 11) is 0. The Hall–Kier alpha value is -3.21. The Balaban J connectivity index is 1.43. The van der Waals surface area contributed by atoms with Crippen LogP contribution in [-0.2, 0) is 4.79 Å². The average molecular weight is 555 g/mol. The summed E-state index contributed by atoms with van der Waals surface area (Å²) in [6, 6.07) is 7.44. The quantitative estimate of drug-likeness (QED) is 0.451. The molecule has 1 aromatic heterocycles. The van der Waals surface area contributed by atoms with Crippen LogP contribution in [0.4, 0.5) is 24.5 Å². The first-order chi connectivity index (χ1) is 18.0. The van der Waals surface area contributed by atoms with Gasteiger partial charge in [0.25, 0.3) is 0 Å². The van der Waals surface area contributed by atoms with E-state index in [4.69, 9.17) is 21.1 Å². The molecular formula is C26H30ClF3N4O4. The van der Waals surface area contributed by atoms with Crippen LogP contribution in [0, 0.1) is 11.8 Å². The van der Waals surface area contributed by atoms with Gasteiger partial charge in [-0.25, -0.2) is 4.98 Å². The van der Waals surface area contributed by atoms with E-state index in [2.05, 4.69) is 21.9 Å². The summed E-state index contributed by atoms with van der Waals surface area (Å²) in [5.74, 6) is -1.02. The molecule has 2 aliphatic rings. The fourth-order valence-corrected chi connectivity index (χ4v) is 5.15. The number of hydrazone groups is 1. The number of piperidine rings is 1. The molecule has 206 valence electrons. The molecule has 0 radical (unpaired) electrons. The van der Waals surface area contributed by atoms with Crippen LogP contribution in [-0.4, -0.2) is 59.8 Å². The molecule has 0 bridgehead atoms. The fraction of sp³-hybridized carbons (Fsp3) is 0.500. The predicted molar refractivity (Wildman–Crippen MR) is 138 cm³/mol. The van der Waals surface area contributed by atoms with Gasteiger partial charge in [-0.05, 0) is 31.2 Å². The third kappa shape index (κ3) is 6.09. The monoisotopic (exact) mass is 554 g/mol. The Morgan fingerprint density at radius 3 is 2.55 bits per heavy atom. The minimum absolute atomic E-state index is 0.0782. The second-order valence-corrected chi connectivity index (χ2v) is 9.96. The van der Waals surface area contributed by atoms with Gasteiger partial charge in [0.1, 0.15) is 17.6 Å². The number of aliphatic carboxylic acids is 1. The fourth-order valence-electron chi connectivity index (χ4n) is 4.93. The SMILES string of the molecule is CCOc1cc(N2CCC(Oc3ccc(N4N=C(C(F)(F)F)C(C)C4CC(=O)O)cc3)C(C)C2)c(Cl)cn1. The van der Waals surface area contributed by atoms with Crippen molar-refractivity contribution in [2.45, 2.75) is 51.9 Å². The molecule has 4 atom stereocenters. The van der Waals surface area contributed by atoms with E-state index in [0.717, 1.165) is 17.1 Å². The van der Waals surface area contributed by atoms with E-state index in [1.54, 1.807) is 30.5 Å². The van der Waals surface area contributed by atoms with E-state index in [0.29, 0.717) is 42.0 Å². The zero-order chi connectivity index (χ0) is 27.6. The molecule has 0 spiro atoms. The number of benzene rings is 1. The highest BCUT2D eigenvalue weighted by Gasteiger charge is 2.48. The normalized spacial score (nSPS) is 23.8. The second kappa shape index (κ2) is 11.3. The molecule has 2 aliphatic heterocycles. The standard InChI is InChI=1S/C26H30ClF3N4O4/c1-4-37-23-11-21(19(27)13-31-23)33-10-9-22(15(2)14-33)38-18-7-5-17(6-8-18)34-20(12-24(35)36)16(3)25(32-34)26(28,29)30/h5-8,11,13,15-16,20,22H,4,9-10,12,14H2,1-3H3,(H,35,36). The molecule has 2 aromatic rings. The first-order valence-electron chi connectivity index (χ1n) is 12.4. The van der Waals surface area contributed by atoms with Crippen LogP contribution in [0.25, 0.3) is 0 Å². The van der Waals surface area contributed by atoms with Gasteiger partial charge in [-0.15, -0.1) is 0 Å².